The van der Waals surface area contributed by atoms with Crippen molar-refractivity contribution < 1.29 is 0 Å². The van der Waals surface area contributed by atoms with E-state index in [9.17, 15) is 0 Å². The van der Waals surface area contributed by atoms with Crippen LogP contribution in [0.15, 0.2) is 0 Å². The Hall–Kier alpha value is -0.120. The molecule has 0 atom stereocenters. The minimum absolute atomic E-state index is 1.14. The summed E-state index contributed by atoms with van der Waals surface area (Å²) in [7, 11) is 4.01. The number of nitrogens with one attached hydrogen (secondary N) is 3. The van der Waals surface area contributed by atoms with Crippen LogP contribution in [-0.2, 0) is 0 Å². The van der Waals surface area contributed by atoms with Gasteiger partial charge in [-0.1, -0.05) is 13.8 Å². The quantitative estimate of drug-likeness (QED) is 0.487. The first-order chi connectivity index (χ1) is 7.41. The summed E-state index contributed by atoms with van der Waals surface area (Å²) in [6.45, 7) is 8.62. The largest absolute Gasteiger partial charge is 0.320 e. The third kappa shape index (κ3) is 20.1. The van der Waals surface area contributed by atoms with Crippen molar-refractivity contribution in [1.82, 2.24) is 16.0 Å². The highest BCUT2D eigenvalue weighted by molar-refractivity contribution is 4.51. The molecular weight excluding hydrogens is 186 g/mol. The second-order valence-corrected chi connectivity index (χ2v) is 3.37. The molecule has 3 heteroatoms. The summed E-state index contributed by atoms with van der Waals surface area (Å²) in [6.07, 6.45) is 5.12. The van der Waals surface area contributed by atoms with Gasteiger partial charge in [-0.15, -0.1) is 0 Å². The lowest BCUT2D eigenvalue weighted by Crippen LogP contribution is -2.19. The first-order valence-corrected chi connectivity index (χ1v) is 6.41. The molecule has 0 spiro atoms. The molecule has 94 valence electrons. The van der Waals surface area contributed by atoms with E-state index in [1.54, 1.807) is 0 Å². The van der Waals surface area contributed by atoms with Gasteiger partial charge in [0.1, 0.15) is 0 Å². The average Bonchev–Trinajstić information content (AvgIpc) is 2.30. The molecule has 0 fully saturated rings. The molecule has 0 radical (unpaired) electrons. The third-order valence-electron chi connectivity index (χ3n) is 2.06. The van der Waals surface area contributed by atoms with Crippen LogP contribution in [0.4, 0.5) is 0 Å². The minimum Gasteiger partial charge on any atom is -0.320 e. The number of rotatable bonds is 10. The number of hydrogen-bond donors (Lipinski definition) is 3. The zero-order chi connectivity index (χ0) is 11.8. The molecule has 0 saturated heterocycles. The van der Waals surface area contributed by atoms with Crippen molar-refractivity contribution in [3.05, 3.63) is 0 Å². The van der Waals surface area contributed by atoms with Crippen LogP contribution < -0.4 is 16.0 Å². The second kappa shape index (κ2) is 19.5. The molecule has 0 aromatic rings. The molecule has 0 aromatic heterocycles. The molecular formula is C12H31N3. The van der Waals surface area contributed by atoms with E-state index in [0.717, 1.165) is 13.1 Å². The van der Waals surface area contributed by atoms with Crippen molar-refractivity contribution in [2.24, 2.45) is 0 Å². The summed E-state index contributed by atoms with van der Waals surface area (Å²) in [5.41, 5.74) is 0. The van der Waals surface area contributed by atoms with Gasteiger partial charge in [0.25, 0.3) is 0 Å². The van der Waals surface area contributed by atoms with Gasteiger partial charge in [0, 0.05) is 0 Å². The van der Waals surface area contributed by atoms with Crippen molar-refractivity contribution in [2.45, 2.75) is 39.5 Å². The maximum absolute atomic E-state index is 3.45. The summed E-state index contributed by atoms with van der Waals surface area (Å²) in [5.74, 6) is 0. The summed E-state index contributed by atoms with van der Waals surface area (Å²) in [5, 5.41) is 9.75. The van der Waals surface area contributed by atoms with Gasteiger partial charge in [-0.25, -0.2) is 0 Å². The number of unbranched alkanes of at least 4 members (excludes halogenated alkanes) is 2. The van der Waals surface area contributed by atoms with Crippen molar-refractivity contribution in [3.8, 4) is 0 Å². The summed E-state index contributed by atoms with van der Waals surface area (Å²) in [6, 6.07) is 0. The van der Waals surface area contributed by atoms with Crippen LogP contribution in [0, 0.1) is 0 Å². The highest BCUT2D eigenvalue weighted by Crippen LogP contribution is 1.86. The van der Waals surface area contributed by atoms with Gasteiger partial charge in [0.05, 0.1) is 0 Å². The molecule has 0 unspecified atom stereocenters. The van der Waals surface area contributed by atoms with Gasteiger partial charge in [0.2, 0.25) is 0 Å². The Morgan fingerprint density at radius 3 is 1.27 bits per heavy atom. The molecule has 0 bridgehead atoms. The van der Waals surface area contributed by atoms with E-state index in [4.69, 9.17) is 0 Å². The molecule has 0 aliphatic rings. The second-order valence-electron chi connectivity index (χ2n) is 3.37. The first kappa shape index (κ1) is 17.3. The fourth-order valence-corrected chi connectivity index (χ4v) is 1.23. The molecule has 0 heterocycles. The van der Waals surface area contributed by atoms with E-state index in [1.807, 2.05) is 27.9 Å². The zero-order valence-corrected chi connectivity index (χ0v) is 11.2. The monoisotopic (exact) mass is 217 g/mol. The van der Waals surface area contributed by atoms with Crippen LogP contribution in [-0.4, -0.2) is 40.3 Å². The highest BCUT2D eigenvalue weighted by Gasteiger charge is 1.88. The fourth-order valence-electron chi connectivity index (χ4n) is 1.23. The predicted molar refractivity (Wildman–Crippen MR) is 70.5 cm³/mol. The molecule has 0 amide bonds. The predicted octanol–water partition coefficient (Wildman–Crippen LogP) is 1.60. The standard InChI is InChI=1S/C10H25N3.C2H6/c1-11-7-3-5-9-13-10-6-4-8-12-2;1-2/h11-13H,3-10H2,1-2H3;1-2H3. The molecule has 0 aliphatic carbocycles. The van der Waals surface area contributed by atoms with Gasteiger partial charge < -0.3 is 16.0 Å². The van der Waals surface area contributed by atoms with Crippen LogP contribution in [0.25, 0.3) is 0 Å². The van der Waals surface area contributed by atoms with Crippen molar-refractivity contribution in [3.63, 3.8) is 0 Å². The van der Waals surface area contributed by atoms with Crippen LogP contribution >= 0.6 is 0 Å². The van der Waals surface area contributed by atoms with E-state index in [-0.39, 0.29) is 0 Å². The Labute approximate surface area is 96.4 Å². The molecule has 3 nitrogen and oxygen atoms in total. The SMILES string of the molecule is CC.CNCCCCNCCCCNC. The lowest BCUT2D eigenvalue weighted by atomic mass is 10.3. The Morgan fingerprint density at radius 2 is 0.933 bits per heavy atom. The van der Waals surface area contributed by atoms with Gasteiger partial charge in [-0.3, -0.25) is 0 Å². The topological polar surface area (TPSA) is 36.1 Å². The highest BCUT2D eigenvalue weighted by atomic mass is 14.9. The van der Waals surface area contributed by atoms with Crippen molar-refractivity contribution >= 4 is 0 Å². The Balaban J connectivity index is 0. The van der Waals surface area contributed by atoms with E-state index in [0.29, 0.717) is 0 Å². The van der Waals surface area contributed by atoms with E-state index in [1.165, 1.54) is 38.8 Å². The lowest BCUT2D eigenvalue weighted by Gasteiger charge is -2.04. The summed E-state index contributed by atoms with van der Waals surface area (Å²) >= 11 is 0. The van der Waals surface area contributed by atoms with Crippen LogP contribution in [0.3, 0.4) is 0 Å². The normalized spacial score (nSPS) is 9.60. The lowest BCUT2D eigenvalue weighted by molar-refractivity contribution is 0.573. The van der Waals surface area contributed by atoms with Gasteiger partial charge in [0.15, 0.2) is 0 Å². The van der Waals surface area contributed by atoms with Crippen molar-refractivity contribution in [1.29, 1.82) is 0 Å². The summed E-state index contributed by atoms with van der Waals surface area (Å²) in [4.78, 5) is 0. The molecule has 3 N–H and O–H groups in total. The Bertz CT molecular complexity index is 76.9. The summed E-state index contributed by atoms with van der Waals surface area (Å²) < 4.78 is 0. The Morgan fingerprint density at radius 1 is 0.600 bits per heavy atom. The van der Waals surface area contributed by atoms with Crippen LogP contribution in [0.2, 0.25) is 0 Å². The molecule has 0 aromatic carbocycles. The number of hydrogen-bond acceptors (Lipinski definition) is 3. The minimum atomic E-state index is 1.14. The average molecular weight is 217 g/mol. The van der Waals surface area contributed by atoms with E-state index in [2.05, 4.69) is 16.0 Å². The third-order valence-corrected chi connectivity index (χ3v) is 2.06. The molecule has 0 saturated carbocycles. The van der Waals surface area contributed by atoms with Crippen molar-refractivity contribution in [2.75, 3.05) is 40.3 Å². The van der Waals surface area contributed by atoms with E-state index >= 15 is 0 Å². The molecule has 15 heavy (non-hydrogen) atoms. The first-order valence-electron chi connectivity index (χ1n) is 6.41. The fraction of sp³-hybridized carbons (Fsp3) is 1.00. The molecule has 0 aliphatic heterocycles. The maximum atomic E-state index is 3.45. The van der Waals surface area contributed by atoms with Gasteiger partial charge in [-0.2, -0.15) is 0 Å². The molecule has 0 rings (SSSR count). The van der Waals surface area contributed by atoms with Crippen LogP contribution in [0.1, 0.15) is 39.5 Å². The smallest absolute Gasteiger partial charge is 0.00484 e. The zero-order valence-electron chi connectivity index (χ0n) is 11.2. The van der Waals surface area contributed by atoms with Gasteiger partial charge in [-0.05, 0) is 66.0 Å². The maximum Gasteiger partial charge on any atom is -0.00484 e. The Kier molecular flexibility index (Phi) is 22.4. The van der Waals surface area contributed by atoms with Crippen LogP contribution in [0.5, 0.6) is 0 Å². The van der Waals surface area contributed by atoms with E-state index < -0.39 is 0 Å². The van der Waals surface area contributed by atoms with Gasteiger partial charge >= 0.3 is 0 Å².